The molecule has 0 aliphatic carbocycles. The molecule has 2 aromatic rings. The summed E-state index contributed by atoms with van der Waals surface area (Å²) in [4.78, 5) is 22.8. The number of carboxylic acid groups (broad SMARTS) is 1. The van der Waals surface area contributed by atoms with E-state index >= 15 is 0 Å². The topological polar surface area (TPSA) is 66.4 Å². The molecule has 0 aromatic heterocycles. The maximum absolute atomic E-state index is 13.6. The van der Waals surface area contributed by atoms with Crippen molar-refractivity contribution >= 4 is 17.6 Å². The molecular formula is C14H8F3NO3. The van der Waals surface area contributed by atoms with E-state index in [9.17, 15) is 22.8 Å². The summed E-state index contributed by atoms with van der Waals surface area (Å²) < 4.78 is 40.1. The second-order valence-electron chi connectivity index (χ2n) is 4.02. The summed E-state index contributed by atoms with van der Waals surface area (Å²) in [6, 6.07) is 6.07. The largest absolute Gasteiger partial charge is 0.478 e. The lowest BCUT2D eigenvalue weighted by molar-refractivity contribution is 0.0697. The Morgan fingerprint density at radius 2 is 1.48 bits per heavy atom. The second-order valence-corrected chi connectivity index (χ2v) is 4.02. The average Bonchev–Trinajstić information content (AvgIpc) is 2.43. The normalized spacial score (nSPS) is 10.2. The van der Waals surface area contributed by atoms with E-state index in [1.807, 2.05) is 5.32 Å². The van der Waals surface area contributed by atoms with E-state index in [-0.39, 0.29) is 0 Å². The predicted octanol–water partition coefficient (Wildman–Crippen LogP) is 3.05. The van der Waals surface area contributed by atoms with Crippen molar-refractivity contribution in [3.05, 3.63) is 65.0 Å². The Balaban J connectivity index is 2.41. The molecule has 21 heavy (non-hydrogen) atoms. The number of carbonyl (C=O) groups excluding carboxylic acids is 1. The number of hydrogen-bond donors (Lipinski definition) is 2. The first-order valence-corrected chi connectivity index (χ1v) is 5.69. The van der Waals surface area contributed by atoms with Crippen molar-refractivity contribution < 1.29 is 27.9 Å². The Kier molecular flexibility index (Phi) is 3.93. The van der Waals surface area contributed by atoms with Gasteiger partial charge in [-0.3, -0.25) is 4.79 Å². The molecule has 2 rings (SSSR count). The maximum atomic E-state index is 13.6. The fourth-order valence-electron chi connectivity index (χ4n) is 1.69. The molecule has 0 aliphatic rings. The zero-order valence-corrected chi connectivity index (χ0v) is 10.4. The highest BCUT2D eigenvalue weighted by molar-refractivity contribution is 6.07. The highest BCUT2D eigenvalue weighted by Gasteiger charge is 2.20. The zero-order chi connectivity index (χ0) is 15.6. The molecule has 0 radical (unpaired) electrons. The summed E-state index contributed by atoms with van der Waals surface area (Å²) in [5, 5.41) is 10.9. The van der Waals surface area contributed by atoms with Gasteiger partial charge < -0.3 is 10.4 Å². The van der Waals surface area contributed by atoms with E-state index in [1.165, 1.54) is 0 Å². The molecule has 1 amide bonds. The lowest BCUT2D eigenvalue weighted by Crippen LogP contribution is -2.18. The molecule has 0 saturated heterocycles. The van der Waals surface area contributed by atoms with Crippen LogP contribution in [0.4, 0.5) is 18.9 Å². The highest BCUT2D eigenvalue weighted by atomic mass is 19.2. The Bertz CT molecular complexity index is 731. The maximum Gasteiger partial charge on any atom is 0.337 e. The van der Waals surface area contributed by atoms with E-state index in [4.69, 9.17) is 5.11 Å². The number of halogens is 3. The minimum absolute atomic E-state index is 0.500. The van der Waals surface area contributed by atoms with E-state index in [0.29, 0.717) is 0 Å². The van der Waals surface area contributed by atoms with Gasteiger partial charge in [0.2, 0.25) is 0 Å². The molecule has 0 saturated carbocycles. The van der Waals surface area contributed by atoms with Gasteiger partial charge >= 0.3 is 5.97 Å². The summed E-state index contributed by atoms with van der Waals surface area (Å²) in [5.74, 6) is -6.26. The van der Waals surface area contributed by atoms with Gasteiger partial charge in [0.25, 0.3) is 5.91 Å². The number of amides is 1. The number of anilines is 1. The molecule has 0 unspecified atom stereocenters. The van der Waals surface area contributed by atoms with Gasteiger partial charge in [0.15, 0.2) is 11.6 Å². The van der Waals surface area contributed by atoms with Crippen molar-refractivity contribution in [1.82, 2.24) is 0 Å². The Hall–Kier alpha value is -2.83. The van der Waals surface area contributed by atoms with E-state index in [2.05, 4.69) is 0 Å². The van der Waals surface area contributed by atoms with E-state index in [1.54, 1.807) is 0 Å². The van der Waals surface area contributed by atoms with Crippen LogP contribution in [0.1, 0.15) is 20.7 Å². The lowest BCUT2D eigenvalue weighted by Gasteiger charge is -2.10. The van der Waals surface area contributed by atoms with Crippen LogP contribution in [-0.2, 0) is 0 Å². The molecule has 4 nitrogen and oxygen atoms in total. The second kappa shape index (κ2) is 5.66. The van der Waals surface area contributed by atoms with Gasteiger partial charge in [0.05, 0.1) is 16.8 Å². The van der Waals surface area contributed by atoms with Gasteiger partial charge in [-0.05, 0) is 24.3 Å². The number of carbonyl (C=O) groups is 2. The standard InChI is InChI=1S/C14H8F3NO3/c15-9-5-1-3-7(11(9)17)13(19)18-12-8(14(20)21)4-2-6-10(12)16/h1-6H,(H,18,19)(H,20,21). The van der Waals surface area contributed by atoms with Crippen molar-refractivity contribution in [2.75, 3.05) is 5.32 Å². The molecule has 0 bridgehead atoms. The Morgan fingerprint density at radius 1 is 0.905 bits per heavy atom. The number of carboxylic acids is 1. The van der Waals surface area contributed by atoms with Crippen molar-refractivity contribution in [2.24, 2.45) is 0 Å². The van der Waals surface area contributed by atoms with Crippen LogP contribution in [-0.4, -0.2) is 17.0 Å². The first-order chi connectivity index (χ1) is 9.91. The van der Waals surface area contributed by atoms with E-state index < -0.39 is 46.1 Å². The highest BCUT2D eigenvalue weighted by Crippen LogP contribution is 2.21. The molecule has 2 aromatic carbocycles. The molecule has 0 atom stereocenters. The van der Waals surface area contributed by atoms with Crippen molar-refractivity contribution in [1.29, 1.82) is 0 Å². The number of rotatable bonds is 3. The fraction of sp³-hybridized carbons (Fsp3) is 0. The smallest absolute Gasteiger partial charge is 0.337 e. The lowest BCUT2D eigenvalue weighted by atomic mass is 10.1. The fourth-order valence-corrected chi connectivity index (χ4v) is 1.69. The quantitative estimate of drug-likeness (QED) is 0.914. The number of benzene rings is 2. The summed E-state index contributed by atoms with van der Waals surface area (Å²) in [6.45, 7) is 0. The van der Waals surface area contributed by atoms with Crippen LogP contribution >= 0.6 is 0 Å². The number of nitrogens with one attached hydrogen (secondary N) is 1. The third-order valence-electron chi connectivity index (χ3n) is 2.68. The minimum atomic E-state index is -1.47. The van der Waals surface area contributed by atoms with Crippen LogP contribution in [0.3, 0.4) is 0 Å². The van der Waals surface area contributed by atoms with Gasteiger partial charge in [0.1, 0.15) is 5.82 Å². The first kappa shape index (κ1) is 14.6. The third kappa shape index (κ3) is 2.86. The monoisotopic (exact) mass is 295 g/mol. The molecule has 108 valence electrons. The SMILES string of the molecule is O=C(Nc1c(F)cccc1C(=O)O)c1cccc(F)c1F. The predicted molar refractivity (Wildman–Crippen MR) is 67.7 cm³/mol. The molecule has 0 aliphatic heterocycles. The van der Waals surface area contributed by atoms with Gasteiger partial charge in [-0.2, -0.15) is 0 Å². The summed E-state index contributed by atoms with van der Waals surface area (Å²) >= 11 is 0. The Morgan fingerprint density at radius 3 is 2.10 bits per heavy atom. The number of para-hydroxylation sites is 1. The molecule has 0 spiro atoms. The van der Waals surface area contributed by atoms with Crippen molar-refractivity contribution in [3.63, 3.8) is 0 Å². The Labute approximate surface area is 116 Å². The number of aromatic carboxylic acids is 1. The van der Waals surface area contributed by atoms with Gasteiger partial charge in [0, 0.05) is 0 Å². The summed E-state index contributed by atoms with van der Waals surface area (Å²) in [7, 11) is 0. The first-order valence-electron chi connectivity index (χ1n) is 5.69. The molecule has 2 N–H and O–H groups in total. The average molecular weight is 295 g/mol. The third-order valence-corrected chi connectivity index (χ3v) is 2.68. The summed E-state index contributed by atoms with van der Waals surface area (Å²) in [5.41, 5.74) is -1.77. The molecule has 0 fully saturated rings. The minimum Gasteiger partial charge on any atom is -0.478 e. The van der Waals surface area contributed by atoms with Crippen LogP contribution in [0.15, 0.2) is 36.4 Å². The van der Waals surface area contributed by atoms with Crippen LogP contribution in [0.2, 0.25) is 0 Å². The number of hydrogen-bond acceptors (Lipinski definition) is 2. The van der Waals surface area contributed by atoms with Crippen LogP contribution in [0, 0.1) is 17.5 Å². The van der Waals surface area contributed by atoms with Crippen LogP contribution < -0.4 is 5.32 Å². The zero-order valence-electron chi connectivity index (χ0n) is 10.4. The van der Waals surface area contributed by atoms with Crippen LogP contribution in [0.5, 0.6) is 0 Å². The van der Waals surface area contributed by atoms with Crippen molar-refractivity contribution in [2.45, 2.75) is 0 Å². The van der Waals surface area contributed by atoms with Crippen molar-refractivity contribution in [3.8, 4) is 0 Å². The van der Waals surface area contributed by atoms with Gasteiger partial charge in [-0.15, -0.1) is 0 Å². The molecule has 0 heterocycles. The van der Waals surface area contributed by atoms with Gasteiger partial charge in [-0.25, -0.2) is 18.0 Å². The van der Waals surface area contributed by atoms with Crippen LogP contribution in [0.25, 0.3) is 0 Å². The summed E-state index contributed by atoms with van der Waals surface area (Å²) in [6.07, 6.45) is 0. The van der Waals surface area contributed by atoms with Gasteiger partial charge in [-0.1, -0.05) is 12.1 Å². The van der Waals surface area contributed by atoms with E-state index in [0.717, 1.165) is 36.4 Å². The molecule has 7 heteroatoms. The molecular weight excluding hydrogens is 287 g/mol.